The monoisotopic (exact) mass is 204 g/mol. The molecule has 1 aromatic carbocycles. The van der Waals surface area contributed by atoms with Crippen molar-refractivity contribution < 1.29 is 4.79 Å². The average molecular weight is 204 g/mol. The summed E-state index contributed by atoms with van der Waals surface area (Å²) >= 11 is 0. The SMILES string of the molecule is Cc1ccc(C2CN(C)C(=O)N2)cc1C. The number of carbonyl (C=O) groups excluding carboxylic acids is 1. The highest BCUT2D eigenvalue weighted by Crippen LogP contribution is 2.21. The fraction of sp³-hybridized carbons (Fsp3) is 0.417. The number of carbonyl (C=O) groups is 1. The molecule has 0 spiro atoms. The van der Waals surface area contributed by atoms with Crippen LogP contribution in [-0.4, -0.2) is 24.5 Å². The van der Waals surface area contributed by atoms with E-state index in [1.54, 1.807) is 4.90 Å². The molecule has 1 aliphatic heterocycles. The van der Waals surface area contributed by atoms with Gasteiger partial charge in [-0.15, -0.1) is 0 Å². The largest absolute Gasteiger partial charge is 0.329 e. The van der Waals surface area contributed by atoms with Crippen LogP contribution in [0.25, 0.3) is 0 Å². The van der Waals surface area contributed by atoms with Gasteiger partial charge < -0.3 is 10.2 Å². The predicted octanol–water partition coefficient (Wildman–Crippen LogP) is 2.00. The summed E-state index contributed by atoms with van der Waals surface area (Å²) < 4.78 is 0. The van der Waals surface area contributed by atoms with E-state index in [-0.39, 0.29) is 12.1 Å². The molecule has 0 aromatic heterocycles. The zero-order chi connectivity index (χ0) is 11.0. The molecule has 0 radical (unpaired) electrons. The molecule has 15 heavy (non-hydrogen) atoms. The Bertz CT molecular complexity index is 401. The van der Waals surface area contributed by atoms with Crippen LogP contribution < -0.4 is 5.32 Å². The zero-order valence-electron chi connectivity index (χ0n) is 9.37. The van der Waals surface area contributed by atoms with Crippen LogP contribution >= 0.6 is 0 Å². The number of nitrogens with zero attached hydrogens (tertiary/aromatic N) is 1. The van der Waals surface area contributed by atoms with Crippen molar-refractivity contribution in [2.75, 3.05) is 13.6 Å². The van der Waals surface area contributed by atoms with E-state index in [9.17, 15) is 4.79 Å². The van der Waals surface area contributed by atoms with Gasteiger partial charge in [0, 0.05) is 13.6 Å². The van der Waals surface area contributed by atoms with Gasteiger partial charge in [-0.3, -0.25) is 0 Å². The number of nitrogens with one attached hydrogen (secondary N) is 1. The molecule has 1 saturated heterocycles. The van der Waals surface area contributed by atoms with Crippen molar-refractivity contribution in [3.05, 3.63) is 34.9 Å². The van der Waals surface area contributed by atoms with E-state index < -0.39 is 0 Å². The number of hydrogen-bond donors (Lipinski definition) is 1. The van der Waals surface area contributed by atoms with Gasteiger partial charge in [0.2, 0.25) is 0 Å². The molecule has 1 unspecified atom stereocenters. The Kier molecular flexibility index (Phi) is 2.39. The lowest BCUT2D eigenvalue weighted by Crippen LogP contribution is -2.23. The summed E-state index contributed by atoms with van der Waals surface area (Å²) in [6.07, 6.45) is 0. The molecular formula is C12H16N2O. The number of urea groups is 1. The van der Waals surface area contributed by atoms with Crippen molar-refractivity contribution in [1.29, 1.82) is 0 Å². The maximum absolute atomic E-state index is 11.3. The highest BCUT2D eigenvalue weighted by Gasteiger charge is 2.26. The highest BCUT2D eigenvalue weighted by molar-refractivity contribution is 5.76. The topological polar surface area (TPSA) is 32.3 Å². The average Bonchev–Trinajstić information content (AvgIpc) is 2.52. The molecule has 3 heteroatoms. The van der Waals surface area contributed by atoms with Gasteiger partial charge in [0.25, 0.3) is 0 Å². The molecule has 0 bridgehead atoms. The van der Waals surface area contributed by atoms with Crippen molar-refractivity contribution in [3.8, 4) is 0 Å². The Balaban J connectivity index is 2.24. The van der Waals surface area contributed by atoms with Crippen LogP contribution in [0.15, 0.2) is 18.2 Å². The first kappa shape index (κ1) is 10.0. The van der Waals surface area contributed by atoms with Crippen molar-refractivity contribution in [2.45, 2.75) is 19.9 Å². The molecule has 2 amide bonds. The van der Waals surface area contributed by atoms with Gasteiger partial charge in [0.05, 0.1) is 6.04 Å². The molecule has 0 aliphatic carbocycles. The number of benzene rings is 1. The standard InChI is InChI=1S/C12H16N2O/c1-8-4-5-10(6-9(8)2)11-7-14(3)12(15)13-11/h4-6,11H,7H2,1-3H3,(H,13,15). The van der Waals surface area contributed by atoms with Crippen LogP contribution in [0.2, 0.25) is 0 Å². The van der Waals surface area contributed by atoms with Crippen LogP contribution in [0, 0.1) is 13.8 Å². The van der Waals surface area contributed by atoms with Crippen LogP contribution in [0.5, 0.6) is 0 Å². The molecular weight excluding hydrogens is 188 g/mol. The second-order valence-electron chi connectivity index (χ2n) is 4.23. The quantitative estimate of drug-likeness (QED) is 0.745. The fourth-order valence-electron chi connectivity index (χ4n) is 1.83. The van der Waals surface area contributed by atoms with E-state index >= 15 is 0 Å². The number of likely N-dealkylation sites (N-methyl/N-ethyl adjacent to an activating group) is 1. The highest BCUT2D eigenvalue weighted by atomic mass is 16.2. The third-order valence-electron chi connectivity index (χ3n) is 3.03. The van der Waals surface area contributed by atoms with Crippen molar-refractivity contribution in [3.63, 3.8) is 0 Å². The molecule has 1 heterocycles. The van der Waals surface area contributed by atoms with E-state index in [1.807, 2.05) is 7.05 Å². The van der Waals surface area contributed by atoms with Crippen molar-refractivity contribution in [1.82, 2.24) is 10.2 Å². The van der Waals surface area contributed by atoms with Crippen molar-refractivity contribution in [2.24, 2.45) is 0 Å². The molecule has 1 atom stereocenters. The van der Waals surface area contributed by atoms with E-state index in [4.69, 9.17) is 0 Å². The first-order chi connectivity index (χ1) is 7.08. The molecule has 3 nitrogen and oxygen atoms in total. The first-order valence-corrected chi connectivity index (χ1v) is 5.16. The second kappa shape index (κ2) is 3.57. The molecule has 1 aromatic rings. The van der Waals surface area contributed by atoms with E-state index in [0.717, 1.165) is 6.54 Å². The van der Waals surface area contributed by atoms with Gasteiger partial charge in [-0.1, -0.05) is 18.2 Å². The van der Waals surface area contributed by atoms with Gasteiger partial charge in [0.1, 0.15) is 0 Å². The summed E-state index contributed by atoms with van der Waals surface area (Å²) in [6, 6.07) is 6.50. The summed E-state index contributed by atoms with van der Waals surface area (Å²) in [5, 5.41) is 2.95. The van der Waals surface area contributed by atoms with E-state index in [0.29, 0.717) is 0 Å². The third-order valence-corrected chi connectivity index (χ3v) is 3.03. The van der Waals surface area contributed by atoms with Gasteiger partial charge in [0.15, 0.2) is 0 Å². The van der Waals surface area contributed by atoms with Gasteiger partial charge >= 0.3 is 6.03 Å². The molecule has 1 N–H and O–H groups in total. The molecule has 2 rings (SSSR count). The minimum absolute atomic E-state index is 0.0122. The van der Waals surface area contributed by atoms with E-state index in [1.165, 1.54) is 16.7 Å². The lowest BCUT2D eigenvalue weighted by atomic mass is 10.0. The minimum Gasteiger partial charge on any atom is -0.329 e. The van der Waals surface area contributed by atoms with Gasteiger partial charge in [-0.05, 0) is 30.5 Å². The van der Waals surface area contributed by atoms with Crippen LogP contribution in [0.4, 0.5) is 4.79 Å². The number of amides is 2. The molecule has 80 valence electrons. The number of aryl methyl sites for hydroxylation is 2. The summed E-state index contributed by atoms with van der Waals surface area (Å²) in [5.74, 6) is 0. The Labute approximate surface area is 90.1 Å². The van der Waals surface area contributed by atoms with Crippen LogP contribution in [0.3, 0.4) is 0 Å². The summed E-state index contributed by atoms with van der Waals surface area (Å²) in [6.45, 7) is 4.94. The minimum atomic E-state index is 0.0122. The number of rotatable bonds is 1. The first-order valence-electron chi connectivity index (χ1n) is 5.16. The Morgan fingerprint density at radius 2 is 2.07 bits per heavy atom. The smallest absolute Gasteiger partial charge is 0.317 e. The third kappa shape index (κ3) is 1.82. The summed E-state index contributed by atoms with van der Waals surface area (Å²) in [5.41, 5.74) is 3.75. The summed E-state index contributed by atoms with van der Waals surface area (Å²) in [4.78, 5) is 13.0. The second-order valence-corrected chi connectivity index (χ2v) is 4.23. The maximum atomic E-state index is 11.3. The lowest BCUT2D eigenvalue weighted by Gasteiger charge is -2.11. The Morgan fingerprint density at radius 1 is 1.33 bits per heavy atom. The van der Waals surface area contributed by atoms with Crippen LogP contribution in [-0.2, 0) is 0 Å². The van der Waals surface area contributed by atoms with Crippen molar-refractivity contribution >= 4 is 6.03 Å². The Morgan fingerprint density at radius 3 is 2.60 bits per heavy atom. The van der Waals surface area contributed by atoms with E-state index in [2.05, 4.69) is 37.4 Å². The zero-order valence-corrected chi connectivity index (χ0v) is 9.37. The maximum Gasteiger partial charge on any atom is 0.317 e. The summed E-state index contributed by atoms with van der Waals surface area (Å²) in [7, 11) is 1.82. The predicted molar refractivity (Wildman–Crippen MR) is 59.8 cm³/mol. The normalized spacial score (nSPS) is 20.6. The Hall–Kier alpha value is -1.51. The van der Waals surface area contributed by atoms with Gasteiger partial charge in [-0.2, -0.15) is 0 Å². The molecule has 1 aliphatic rings. The number of hydrogen-bond acceptors (Lipinski definition) is 1. The molecule has 1 fully saturated rings. The lowest BCUT2D eigenvalue weighted by molar-refractivity contribution is 0.226. The molecule has 0 saturated carbocycles. The van der Waals surface area contributed by atoms with Crippen LogP contribution in [0.1, 0.15) is 22.7 Å². The van der Waals surface area contributed by atoms with Gasteiger partial charge in [-0.25, -0.2) is 4.79 Å². The fourth-order valence-corrected chi connectivity index (χ4v) is 1.83.